The Labute approximate surface area is 177 Å². The highest BCUT2D eigenvalue weighted by Gasteiger charge is 2.51. The number of hydrogen-bond acceptors (Lipinski definition) is 5. The molecule has 30 heavy (non-hydrogen) atoms. The molecule has 0 radical (unpaired) electrons. The van der Waals surface area contributed by atoms with Crippen LogP contribution >= 0.6 is 0 Å². The van der Waals surface area contributed by atoms with Crippen molar-refractivity contribution < 1.29 is 24.1 Å². The van der Waals surface area contributed by atoms with E-state index in [4.69, 9.17) is 14.2 Å². The summed E-state index contributed by atoms with van der Waals surface area (Å²) in [4.78, 5) is 15.1. The first-order valence-corrected chi connectivity index (χ1v) is 10.3. The van der Waals surface area contributed by atoms with Gasteiger partial charge in [0.2, 0.25) is 0 Å². The minimum Gasteiger partial charge on any atom is -0.496 e. The van der Waals surface area contributed by atoms with Crippen LogP contribution in [0.3, 0.4) is 0 Å². The Morgan fingerprint density at radius 3 is 2.73 bits per heavy atom. The first-order chi connectivity index (χ1) is 14.4. The van der Waals surface area contributed by atoms with E-state index in [-0.39, 0.29) is 25.4 Å². The van der Waals surface area contributed by atoms with Crippen molar-refractivity contribution in [2.45, 2.75) is 37.4 Å². The molecular weight excluding hydrogens is 382 g/mol. The van der Waals surface area contributed by atoms with Gasteiger partial charge in [0.15, 0.2) is 0 Å². The highest BCUT2D eigenvalue weighted by atomic mass is 16.7. The number of piperidine rings is 1. The van der Waals surface area contributed by atoms with Crippen molar-refractivity contribution in [3.63, 3.8) is 0 Å². The average molecular weight is 411 g/mol. The molecule has 6 heteroatoms. The number of aliphatic hydroxyl groups excluding tert-OH is 1. The molecule has 0 bridgehead atoms. The van der Waals surface area contributed by atoms with Crippen molar-refractivity contribution in [2.24, 2.45) is 0 Å². The Kier molecular flexibility index (Phi) is 5.57. The molecule has 160 valence electrons. The lowest BCUT2D eigenvalue weighted by Crippen LogP contribution is -2.53. The molecule has 0 saturated carbocycles. The summed E-state index contributed by atoms with van der Waals surface area (Å²) in [6.07, 6.45) is 0.479. The summed E-state index contributed by atoms with van der Waals surface area (Å²) in [6, 6.07) is 15.6. The van der Waals surface area contributed by atoms with Crippen molar-refractivity contribution in [2.75, 3.05) is 33.6 Å². The predicted molar refractivity (Wildman–Crippen MR) is 113 cm³/mol. The average Bonchev–Trinajstić information content (AvgIpc) is 3.23. The third kappa shape index (κ3) is 3.49. The molecule has 1 N–H and O–H groups in total. The topological polar surface area (TPSA) is 68.2 Å². The highest BCUT2D eigenvalue weighted by molar-refractivity contribution is 5.95. The molecule has 1 amide bonds. The summed E-state index contributed by atoms with van der Waals surface area (Å²) in [5, 5.41) is 9.70. The van der Waals surface area contributed by atoms with Crippen LogP contribution in [-0.2, 0) is 20.5 Å². The Balaban J connectivity index is 1.56. The first kappa shape index (κ1) is 20.8. The molecule has 2 aromatic carbocycles. The standard InChI is InChI=1S/C24H29NO5/c1-23(2,15-26)19-10-9-17(13-20(19)28-3)22(27)25-12-11-24(18-7-5-4-6-8-18)21(14-25)29-16-30-24/h4-10,13,21,26H,11-12,14-16H2,1-3H3/t21?,24-/m1/s1. The van der Waals surface area contributed by atoms with E-state index in [1.54, 1.807) is 13.2 Å². The minimum atomic E-state index is -0.495. The molecule has 1 unspecified atom stereocenters. The zero-order chi connectivity index (χ0) is 21.4. The number of likely N-dealkylation sites (tertiary alicyclic amines) is 1. The maximum Gasteiger partial charge on any atom is 0.254 e. The van der Waals surface area contributed by atoms with Crippen LogP contribution in [0, 0.1) is 0 Å². The molecule has 4 rings (SSSR count). The monoisotopic (exact) mass is 411 g/mol. The van der Waals surface area contributed by atoms with E-state index < -0.39 is 11.0 Å². The number of fused-ring (bicyclic) bond motifs is 1. The first-order valence-electron chi connectivity index (χ1n) is 10.3. The van der Waals surface area contributed by atoms with E-state index in [0.29, 0.717) is 30.8 Å². The number of carbonyl (C=O) groups is 1. The summed E-state index contributed by atoms with van der Waals surface area (Å²) in [6.45, 7) is 5.17. The van der Waals surface area contributed by atoms with E-state index in [0.717, 1.165) is 11.1 Å². The number of nitrogens with zero attached hydrogens (tertiary/aromatic N) is 1. The van der Waals surface area contributed by atoms with E-state index in [2.05, 4.69) is 12.1 Å². The van der Waals surface area contributed by atoms with Gasteiger partial charge in [-0.3, -0.25) is 4.79 Å². The number of hydrogen-bond donors (Lipinski definition) is 1. The molecule has 2 aromatic rings. The van der Waals surface area contributed by atoms with E-state index in [1.807, 2.05) is 49.1 Å². The quantitative estimate of drug-likeness (QED) is 0.819. The lowest BCUT2D eigenvalue weighted by atomic mass is 9.82. The van der Waals surface area contributed by atoms with Crippen molar-refractivity contribution in [3.8, 4) is 5.75 Å². The van der Waals surface area contributed by atoms with Gasteiger partial charge in [-0.2, -0.15) is 0 Å². The molecule has 2 fully saturated rings. The molecule has 0 aliphatic carbocycles. The summed E-state index contributed by atoms with van der Waals surface area (Å²) < 4.78 is 17.5. The van der Waals surface area contributed by atoms with Crippen LogP contribution in [0.5, 0.6) is 5.75 Å². The molecular formula is C24H29NO5. The Bertz CT molecular complexity index is 913. The second-order valence-electron chi connectivity index (χ2n) is 8.63. The van der Waals surface area contributed by atoms with Gasteiger partial charge in [-0.05, 0) is 17.7 Å². The third-order valence-electron chi connectivity index (χ3n) is 6.37. The van der Waals surface area contributed by atoms with E-state index >= 15 is 0 Å². The molecule has 2 atom stereocenters. The van der Waals surface area contributed by atoms with Crippen molar-refractivity contribution in [3.05, 3.63) is 65.2 Å². The molecule has 2 saturated heterocycles. The number of amides is 1. The fourth-order valence-electron chi connectivity index (χ4n) is 4.44. The summed E-state index contributed by atoms with van der Waals surface area (Å²) in [7, 11) is 1.58. The second kappa shape index (κ2) is 8.02. The zero-order valence-corrected chi connectivity index (χ0v) is 17.8. The van der Waals surface area contributed by atoms with Gasteiger partial charge < -0.3 is 24.2 Å². The highest BCUT2D eigenvalue weighted by Crippen LogP contribution is 2.42. The number of rotatable bonds is 5. The lowest BCUT2D eigenvalue weighted by molar-refractivity contribution is -0.0439. The van der Waals surface area contributed by atoms with Crippen molar-refractivity contribution in [1.82, 2.24) is 4.90 Å². The Hall–Kier alpha value is -2.41. The smallest absolute Gasteiger partial charge is 0.254 e. The van der Waals surface area contributed by atoms with Crippen LogP contribution in [-0.4, -0.2) is 55.6 Å². The van der Waals surface area contributed by atoms with Crippen molar-refractivity contribution in [1.29, 1.82) is 0 Å². The van der Waals surface area contributed by atoms with Gasteiger partial charge in [-0.1, -0.05) is 50.2 Å². The fourth-order valence-corrected chi connectivity index (χ4v) is 4.44. The number of carbonyl (C=O) groups excluding carboxylic acids is 1. The van der Waals surface area contributed by atoms with E-state index in [9.17, 15) is 9.90 Å². The molecule has 2 heterocycles. The van der Waals surface area contributed by atoms with Gasteiger partial charge in [0.25, 0.3) is 5.91 Å². The molecule has 0 spiro atoms. The number of ether oxygens (including phenoxy) is 3. The fraction of sp³-hybridized carbons (Fsp3) is 0.458. The maximum absolute atomic E-state index is 13.3. The predicted octanol–water partition coefficient (Wildman–Crippen LogP) is 3.08. The second-order valence-corrected chi connectivity index (χ2v) is 8.63. The largest absolute Gasteiger partial charge is 0.496 e. The van der Waals surface area contributed by atoms with E-state index in [1.165, 1.54) is 0 Å². The number of aliphatic hydroxyl groups is 1. The summed E-state index contributed by atoms with van der Waals surface area (Å²) in [5.41, 5.74) is 1.58. The van der Waals surface area contributed by atoms with Gasteiger partial charge >= 0.3 is 0 Å². The molecule has 6 nitrogen and oxygen atoms in total. The lowest BCUT2D eigenvalue weighted by Gasteiger charge is -2.42. The van der Waals surface area contributed by atoms with Gasteiger partial charge in [0, 0.05) is 29.5 Å². The van der Waals surface area contributed by atoms with Crippen molar-refractivity contribution >= 4 is 5.91 Å². The molecule has 0 aromatic heterocycles. The van der Waals surface area contributed by atoms with Crippen LogP contribution < -0.4 is 4.74 Å². The van der Waals surface area contributed by atoms with Gasteiger partial charge in [-0.25, -0.2) is 0 Å². The summed E-state index contributed by atoms with van der Waals surface area (Å²) >= 11 is 0. The van der Waals surface area contributed by atoms with Crippen LogP contribution in [0.25, 0.3) is 0 Å². The van der Waals surface area contributed by atoms with Crippen LogP contribution in [0.2, 0.25) is 0 Å². The van der Waals surface area contributed by atoms with Crippen LogP contribution in [0.1, 0.15) is 41.8 Å². The Morgan fingerprint density at radius 2 is 2.03 bits per heavy atom. The zero-order valence-electron chi connectivity index (χ0n) is 17.8. The van der Waals surface area contributed by atoms with Gasteiger partial charge in [0.05, 0.1) is 20.3 Å². The normalized spacial score (nSPS) is 23.9. The number of benzene rings is 2. The Morgan fingerprint density at radius 1 is 1.27 bits per heavy atom. The molecule has 2 aliphatic heterocycles. The van der Waals surface area contributed by atoms with Crippen LogP contribution in [0.15, 0.2) is 48.5 Å². The third-order valence-corrected chi connectivity index (χ3v) is 6.37. The van der Waals surface area contributed by atoms with Gasteiger partial charge in [0.1, 0.15) is 24.2 Å². The maximum atomic E-state index is 13.3. The van der Waals surface area contributed by atoms with Gasteiger partial charge in [-0.15, -0.1) is 0 Å². The number of methoxy groups -OCH3 is 1. The molecule has 2 aliphatic rings. The SMILES string of the molecule is COc1cc(C(=O)N2CC[C@]3(c4ccccc4)OCOC3C2)ccc1C(C)(C)CO. The summed E-state index contributed by atoms with van der Waals surface area (Å²) in [5.74, 6) is 0.551. The van der Waals surface area contributed by atoms with Crippen LogP contribution in [0.4, 0.5) is 0 Å². The minimum absolute atomic E-state index is 0.0106.